The molecular weight excluding hydrogens is 400 g/mol. The Morgan fingerprint density at radius 2 is 1.59 bits per heavy atom. The van der Waals surface area contributed by atoms with Gasteiger partial charge in [-0.15, -0.1) is 0 Å². The molecule has 0 atom stereocenters. The number of rotatable bonds is 5. The molecule has 1 fully saturated rings. The smallest absolute Gasteiger partial charge is 0.319 e. The number of benzene rings is 2. The van der Waals surface area contributed by atoms with Crippen molar-refractivity contribution in [3.05, 3.63) is 53.6 Å². The van der Waals surface area contributed by atoms with E-state index >= 15 is 0 Å². The summed E-state index contributed by atoms with van der Waals surface area (Å²) in [4.78, 5) is 23.9. The molecule has 1 aliphatic rings. The second-order valence-corrected chi connectivity index (χ2v) is 8.95. The summed E-state index contributed by atoms with van der Waals surface area (Å²) >= 11 is 0. The fourth-order valence-corrected chi connectivity index (χ4v) is 4.43. The quantitative estimate of drug-likeness (QED) is 0.536. The molecule has 0 saturated heterocycles. The Labute approximate surface area is 189 Å². The van der Waals surface area contributed by atoms with Crippen molar-refractivity contribution in [1.29, 1.82) is 0 Å². The largest absolute Gasteiger partial charge is 0.362 e. The second-order valence-electron chi connectivity index (χ2n) is 8.95. The van der Waals surface area contributed by atoms with Gasteiger partial charge in [0.2, 0.25) is 5.95 Å². The first-order valence-electron chi connectivity index (χ1n) is 11.2. The van der Waals surface area contributed by atoms with Gasteiger partial charge in [0.25, 0.3) is 0 Å². The second kappa shape index (κ2) is 9.42. The Bertz CT molecular complexity index is 1080. The average molecular weight is 433 g/mol. The lowest BCUT2D eigenvalue weighted by Crippen LogP contribution is -2.42. The van der Waals surface area contributed by atoms with Gasteiger partial charge in [0, 0.05) is 37.3 Å². The summed E-state index contributed by atoms with van der Waals surface area (Å²) in [7, 11) is 4.00. The van der Waals surface area contributed by atoms with Crippen molar-refractivity contribution in [2.45, 2.75) is 51.6 Å². The van der Waals surface area contributed by atoms with Crippen LogP contribution in [0.15, 0.2) is 42.5 Å². The number of urea groups is 1. The van der Waals surface area contributed by atoms with Crippen LogP contribution in [0.4, 0.5) is 22.2 Å². The molecule has 32 heavy (non-hydrogen) atoms. The van der Waals surface area contributed by atoms with Crippen LogP contribution in [0.2, 0.25) is 0 Å². The SMILES string of the molecule is Cc1cc(C)cc(NC(=O)N[C@H]2CC[C@@H](Nc3nc(N(C)C)c4ccccc4n3)CC2)c1. The van der Waals surface area contributed by atoms with Crippen LogP contribution in [0, 0.1) is 13.8 Å². The van der Waals surface area contributed by atoms with Gasteiger partial charge in [-0.1, -0.05) is 18.2 Å². The van der Waals surface area contributed by atoms with Gasteiger partial charge in [0.1, 0.15) is 5.82 Å². The Morgan fingerprint density at radius 1 is 0.938 bits per heavy atom. The van der Waals surface area contributed by atoms with E-state index < -0.39 is 0 Å². The van der Waals surface area contributed by atoms with Crippen LogP contribution < -0.4 is 20.9 Å². The van der Waals surface area contributed by atoms with Crippen molar-refractivity contribution in [2.75, 3.05) is 29.6 Å². The molecule has 4 rings (SSSR count). The van der Waals surface area contributed by atoms with Crippen LogP contribution in [0.25, 0.3) is 10.9 Å². The molecule has 3 N–H and O–H groups in total. The number of para-hydroxylation sites is 1. The van der Waals surface area contributed by atoms with Crippen molar-refractivity contribution < 1.29 is 4.79 Å². The molecule has 1 aromatic heterocycles. The van der Waals surface area contributed by atoms with Crippen molar-refractivity contribution >= 4 is 34.4 Å². The highest BCUT2D eigenvalue weighted by molar-refractivity contribution is 5.90. The number of hydrogen-bond acceptors (Lipinski definition) is 5. The predicted molar refractivity (Wildman–Crippen MR) is 132 cm³/mol. The maximum absolute atomic E-state index is 12.4. The van der Waals surface area contributed by atoms with Crippen LogP contribution in [-0.2, 0) is 0 Å². The van der Waals surface area contributed by atoms with E-state index in [0.29, 0.717) is 12.0 Å². The average Bonchev–Trinajstić information content (AvgIpc) is 2.73. The van der Waals surface area contributed by atoms with Crippen molar-refractivity contribution in [2.24, 2.45) is 0 Å². The summed E-state index contributed by atoms with van der Waals surface area (Å²) in [5, 5.41) is 10.7. The molecule has 1 saturated carbocycles. The van der Waals surface area contributed by atoms with E-state index in [1.165, 1.54) is 0 Å². The normalized spacial score (nSPS) is 18.2. The highest BCUT2D eigenvalue weighted by Crippen LogP contribution is 2.26. The van der Waals surface area contributed by atoms with E-state index in [0.717, 1.165) is 59.2 Å². The zero-order valence-electron chi connectivity index (χ0n) is 19.3. The number of nitrogens with one attached hydrogen (secondary N) is 3. The van der Waals surface area contributed by atoms with Crippen molar-refractivity contribution in [3.8, 4) is 0 Å². The van der Waals surface area contributed by atoms with Gasteiger partial charge in [0.15, 0.2) is 0 Å². The van der Waals surface area contributed by atoms with Gasteiger partial charge in [0.05, 0.1) is 5.52 Å². The number of nitrogens with zero attached hydrogens (tertiary/aromatic N) is 3. The van der Waals surface area contributed by atoms with Crippen LogP contribution >= 0.6 is 0 Å². The minimum atomic E-state index is -0.139. The number of amides is 2. The summed E-state index contributed by atoms with van der Waals surface area (Å²) in [6.07, 6.45) is 3.77. The van der Waals surface area contributed by atoms with E-state index in [-0.39, 0.29) is 12.1 Å². The third-order valence-electron chi connectivity index (χ3n) is 5.88. The maximum Gasteiger partial charge on any atom is 0.319 e. The minimum Gasteiger partial charge on any atom is -0.362 e. The number of carbonyl (C=O) groups is 1. The third-order valence-corrected chi connectivity index (χ3v) is 5.88. The van der Waals surface area contributed by atoms with E-state index in [1.54, 1.807) is 0 Å². The lowest BCUT2D eigenvalue weighted by atomic mass is 9.91. The van der Waals surface area contributed by atoms with Crippen LogP contribution in [0.3, 0.4) is 0 Å². The minimum absolute atomic E-state index is 0.139. The van der Waals surface area contributed by atoms with Crippen LogP contribution in [-0.4, -0.2) is 42.2 Å². The molecule has 7 heteroatoms. The number of aromatic nitrogens is 2. The summed E-state index contributed by atoms with van der Waals surface area (Å²) in [6.45, 7) is 4.07. The molecular formula is C25H32N6O. The summed E-state index contributed by atoms with van der Waals surface area (Å²) in [5.74, 6) is 1.58. The van der Waals surface area contributed by atoms with Gasteiger partial charge in [-0.25, -0.2) is 9.78 Å². The topological polar surface area (TPSA) is 82.2 Å². The highest BCUT2D eigenvalue weighted by atomic mass is 16.2. The molecule has 2 aromatic carbocycles. The van der Waals surface area contributed by atoms with E-state index in [2.05, 4.69) is 28.1 Å². The molecule has 0 unspecified atom stereocenters. The van der Waals surface area contributed by atoms with E-state index in [4.69, 9.17) is 9.97 Å². The predicted octanol–water partition coefficient (Wildman–Crippen LogP) is 4.86. The monoisotopic (exact) mass is 432 g/mol. The van der Waals surface area contributed by atoms with Crippen molar-refractivity contribution in [1.82, 2.24) is 15.3 Å². The van der Waals surface area contributed by atoms with E-state index in [1.807, 2.05) is 63.2 Å². The molecule has 2 amide bonds. The Kier molecular flexibility index (Phi) is 6.44. The Morgan fingerprint density at radius 3 is 2.28 bits per heavy atom. The van der Waals surface area contributed by atoms with Gasteiger partial charge in [-0.3, -0.25) is 0 Å². The maximum atomic E-state index is 12.4. The molecule has 7 nitrogen and oxygen atoms in total. The number of aryl methyl sites for hydroxylation is 2. The van der Waals surface area contributed by atoms with Crippen molar-refractivity contribution in [3.63, 3.8) is 0 Å². The Hall–Kier alpha value is -3.35. The zero-order valence-corrected chi connectivity index (χ0v) is 19.3. The van der Waals surface area contributed by atoms with Crippen LogP contribution in [0.1, 0.15) is 36.8 Å². The molecule has 0 radical (unpaired) electrons. The number of fused-ring (bicyclic) bond motifs is 1. The molecule has 0 aliphatic heterocycles. The highest BCUT2D eigenvalue weighted by Gasteiger charge is 2.23. The van der Waals surface area contributed by atoms with Gasteiger partial charge in [-0.2, -0.15) is 4.98 Å². The zero-order chi connectivity index (χ0) is 22.7. The lowest BCUT2D eigenvalue weighted by Gasteiger charge is -2.30. The lowest BCUT2D eigenvalue weighted by molar-refractivity contribution is 0.243. The summed E-state index contributed by atoms with van der Waals surface area (Å²) < 4.78 is 0. The Balaban J connectivity index is 1.32. The van der Waals surface area contributed by atoms with Gasteiger partial charge < -0.3 is 20.9 Å². The first-order valence-corrected chi connectivity index (χ1v) is 11.2. The standard InChI is InChI=1S/C25H32N6O/c1-16-13-17(2)15-20(14-16)28-25(32)27-19-11-9-18(10-12-19)26-24-29-22-8-6-5-7-21(22)23(30-24)31(3)4/h5-8,13-15,18-19H,9-12H2,1-4H3,(H,26,29,30)(H2,27,28,32)/t18-,19+. The molecule has 168 valence electrons. The molecule has 0 bridgehead atoms. The first kappa shape index (κ1) is 21.9. The van der Waals surface area contributed by atoms with Crippen LogP contribution in [0.5, 0.6) is 0 Å². The molecule has 1 heterocycles. The number of anilines is 3. The number of hydrogen-bond donors (Lipinski definition) is 3. The summed E-state index contributed by atoms with van der Waals surface area (Å²) in [5.41, 5.74) is 4.05. The summed E-state index contributed by atoms with van der Waals surface area (Å²) in [6, 6.07) is 14.5. The molecule has 1 aliphatic carbocycles. The third kappa shape index (κ3) is 5.28. The van der Waals surface area contributed by atoms with E-state index in [9.17, 15) is 4.79 Å². The fourth-order valence-electron chi connectivity index (χ4n) is 4.43. The van der Waals surface area contributed by atoms with Gasteiger partial charge >= 0.3 is 6.03 Å². The molecule has 0 spiro atoms. The van der Waals surface area contributed by atoms with Gasteiger partial charge in [-0.05, 0) is 74.9 Å². The number of carbonyl (C=O) groups excluding carboxylic acids is 1. The fraction of sp³-hybridized carbons (Fsp3) is 0.400. The molecule has 3 aromatic rings. The first-order chi connectivity index (χ1) is 15.4.